The Bertz CT molecular complexity index is 717. The Balaban J connectivity index is 2.09. The van der Waals surface area contributed by atoms with Crippen LogP contribution >= 0.6 is 11.8 Å². The Kier molecular flexibility index (Phi) is 6.36. The van der Waals surface area contributed by atoms with Gasteiger partial charge in [0.05, 0.1) is 11.3 Å². The SMILES string of the molecule is CCCC(NC(=O)c1ccccc1SCc1nc(C)no1)C(=O)O. The predicted molar refractivity (Wildman–Crippen MR) is 88.8 cm³/mol. The van der Waals surface area contributed by atoms with E-state index in [4.69, 9.17) is 4.52 Å². The average molecular weight is 349 g/mol. The maximum atomic E-state index is 12.4. The van der Waals surface area contributed by atoms with E-state index in [1.807, 2.05) is 13.0 Å². The van der Waals surface area contributed by atoms with E-state index >= 15 is 0 Å². The van der Waals surface area contributed by atoms with E-state index in [2.05, 4.69) is 15.5 Å². The van der Waals surface area contributed by atoms with Crippen LogP contribution in [0.15, 0.2) is 33.7 Å². The molecule has 1 unspecified atom stereocenters. The summed E-state index contributed by atoms with van der Waals surface area (Å²) in [6.07, 6.45) is 1.06. The minimum atomic E-state index is -1.03. The van der Waals surface area contributed by atoms with Gasteiger partial charge in [-0.2, -0.15) is 4.98 Å². The van der Waals surface area contributed by atoms with Crippen molar-refractivity contribution < 1.29 is 19.2 Å². The number of aromatic nitrogens is 2. The number of thioether (sulfide) groups is 1. The second-order valence-corrected chi connectivity index (χ2v) is 6.19. The molecule has 0 aliphatic rings. The molecule has 0 bridgehead atoms. The Morgan fingerprint density at radius 3 is 2.75 bits per heavy atom. The molecule has 24 heavy (non-hydrogen) atoms. The number of carbonyl (C=O) groups is 2. The minimum absolute atomic E-state index is 0.387. The van der Waals surface area contributed by atoms with Gasteiger partial charge >= 0.3 is 5.97 Å². The fourth-order valence-corrected chi connectivity index (χ4v) is 2.99. The van der Waals surface area contributed by atoms with Crippen LogP contribution in [0.3, 0.4) is 0 Å². The highest BCUT2D eigenvalue weighted by atomic mass is 32.2. The van der Waals surface area contributed by atoms with Gasteiger partial charge in [0.15, 0.2) is 5.82 Å². The number of benzene rings is 1. The van der Waals surface area contributed by atoms with E-state index in [1.54, 1.807) is 25.1 Å². The summed E-state index contributed by atoms with van der Waals surface area (Å²) in [4.78, 5) is 28.5. The van der Waals surface area contributed by atoms with Crippen LogP contribution in [0.5, 0.6) is 0 Å². The van der Waals surface area contributed by atoms with Crippen LogP contribution in [0.25, 0.3) is 0 Å². The first-order valence-corrected chi connectivity index (χ1v) is 8.54. The molecule has 0 fully saturated rings. The van der Waals surface area contributed by atoms with Crippen LogP contribution < -0.4 is 5.32 Å². The summed E-state index contributed by atoms with van der Waals surface area (Å²) in [6, 6.07) is 6.14. The van der Waals surface area contributed by atoms with Crippen molar-refractivity contribution in [2.24, 2.45) is 0 Å². The van der Waals surface area contributed by atoms with Crippen molar-refractivity contribution >= 4 is 23.6 Å². The number of hydrogen-bond acceptors (Lipinski definition) is 6. The van der Waals surface area contributed by atoms with Gasteiger partial charge in [-0.05, 0) is 25.5 Å². The molecule has 128 valence electrons. The Labute approximate surface area is 143 Å². The highest BCUT2D eigenvalue weighted by molar-refractivity contribution is 7.98. The van der Waals surface area contributed by atoms with E-state index < -0.39 is 17.9 Å². The maximum absolute atomic E-state index is 12.4. The average Bonchev–Trinajstić information content (AvgIpc) is 2.98. The monoisotopic (exact) mass is 349 g/mol. The van der Waals surface area contributed by atoms with Crippen LogP contribution in [-0.4, -0.2) is 33.2 Å². The zero-order valence-electron chi connectivity index (χ0n) is 13.5. The molecule has 0 spiro atoms. The van der Waals surface area contributed by atoms with Gasteiger partial charge in [-0.25, -0.2) is 4.79 Å². The number of carboxylic acid groups (broad SMARTS) is 1. The molecule has 2 rings (SSSR count). The lowest BCUT2D eigenvalue weighted by molar-refractivity contribution is -0.139. The molecule has 0 saturated carbocycles. The van der Waals surface area contributed by atoms with Crippen LogP contribution in [0, 0.1) is 6.92 Å². The standard InChI is InChI=1S/C16H19N3O4S/c1-3-6-12(16(21)22)18-15(20)11-7-4-5-8-13(11)24-9-14-17-10(2)19-23-14/h4-5,7-8,12H,3,6,9H2,1-2H3,(H,18,20)(H,21,22). The third-order valence-corrected chi connectivity index (χ3v) is 4.29. The zero-order valence-corrected chi connectivity index (χ0v) is 14.3. The Morgan fingerprint density at radius 2 is 2.12 bits per heavy atom. The van der Waals surface area contributed by atoms with Gasteiger partial charge in [-0.3, -0.25) is 4.79 Å². The molecule has 2 N–H and O–H groups in total. The lowest BCUT2D eigenvalue weighted by atomic mass is 10.1. The molecule has 0 radical (unpaired) electrons. The molecule has 7 nitrogen and oxygen atoms in total. The highest BCUT2D eigenvalue weighted by Gasteiger charge is 2.21. The van der Waals surface area contributed by atoms with E-state index in [9.17, 15) is 14.7 Å². The summed E-state index contributed by atoms with van der Waals surface area (Å²) in [5.41, 5.74) is 0.432. The van der Waals surface area contributed by atoms with Gasteiger partial charge in [0, 0.05) is 4.90 Å². The van der Waals surface area contributed by atoms with Crippen LogP contribution in [-0.2, 0) is 10.5 Å². The van der Waals surface area contributed by atoms with Crippen molar-refractivity contribution in [3.8, 4) is 0 Å². The van der Waals surface area contributed by atoms with Crippen LogP contribution in [0.2, 0.25) is 0 Å². The first kappa shape index (κ1) is 18.0. The number of nitrogens with one attached hydrogen (secondary N) is 1. The lowest BCUT2D eigenvalue weighted by Crippen LogP contribution is -2.40. The van der Waals surface area contributed by atoms with Crippen molar-refractivity contribution in [2.45, 2.75) is 43.4 Å². The van der Waals surface area contributed by atoms with Gasteiger partial charge in [-0.15, -0.1) is 11.8 Å². The Hall–Kier alpha value is -2.35. The second kappa shape index (κ2) is 8.49. The summed E-state index contributed by atoms with van der Waals surface area (Å²) < 4.78 is 5.05. The first-order valence-electron chi connectivity index (χ1n) is 7.56. The molecule has 1 heterocycles. The quantitative estimate of drug-likeness (QED) is 0.706. The van der Waals surface area contributed by atoms with Gasteiger partial charge in [0.25, 0.3) is 5.91 Å². The second-order valence-electron chi connectivity index (χ2n) is 5.17. The summed E-state index contributed by atoms with van der Waals surface area (Å²) in [6.45, 7) is 3.61. The third kappa shape index (κ3) is 4.82. The number of rotatable bonds is 8. The molecule has 1 amide bonds. The van der Waals surface area contributed by atoms with Crippen LogP contribution in [0.1, 0.15) is 41.8 Å². The Morgan fingerprint density at radius 1 is 1.38 bits per heavy atom. The number of aryl methyl sites for hydroxylation is 1. The number of carbonyl (C=O) groups excluding carboxylic acids is 1. The summed E-state index contributed by atoms with van der Waals surface area (Å²) in [7, 11) is 0. The lowest BCUT2D eigenvalue weighted by Gasteiger charge is -2.15. The molecule has 2 aromatic rings. The normalized spacial score (nSPS) is 11.9. The first-order chi connectivity index (χ1) is 11.5. The minimum Gasteiger partial charge on any atom is -0.480 e. The van der Waals surface area contributed by atoms with Gasteiger partial charge in [-0.1, -0.05) is 30.6 Å². The van der Waals surface area contributed by atoms with Crippen molar-refractivity contribution in [1.82, 2.24) is 15.5 Å². The highest BCUT2D eigenvalue weighted by Crippen LogP contribution is 2.26. The van der Waals surface area contributed by atoms with Crippen LogP contribution in [0.4, 0.5) is 0 Å². The van der Waals surface area contributed by atoms with Crippen molar-refractivity contribution in [1.29, 1.82) is 0 Å². The zero-order chi connectivity index (χ0) is 17.5. The molecule has 0 saturated heterocycles. The molecule has 1 atom stereocenters. The molecular weight excluding hydrogens is 330 g/mol. The molecule has 0 aliphatic carbocycles. The van der Waals surface area contributed by atoms with E-state index in [0.29, 0.717) is 35.9 Å². The van der Waals surface area contributed by atoms with E-state index in [0.717, 1.165) is 4.90 Å². The van der Waals surface area contributed by atoms with Crippen molar-refractivity contribution in [3.05, 3.63) is 41.5 Å². The molecule has 1 aromatic carbocycles. The number of carboxylic acids is 1. The maximum Gasteiger partial charge on any atom is 0.326 e. The molecule has 8 heteroatoms. The largest absolute Gasteiger partial charge is 0.480 e. The van der Waals surface area contributed by atoms with Gasteiger partial charge in [0.1, 0.15) is 6.04 Å². The summed E-state index contributed by atoms with van der Waals surface area (Å²) in [5, 5.41) is 15.5. The van der Waals surface area contributed by atoms with Gasteiger partial charge < -0.3 is 14.9 Å². The summed E-state index contributed by atoms with van der Waals surface area (Å²) in [5.74, 6) is 0.0301. The van der Waals surface area contributed by atoms with Crippen molar-refractivity contribution in [2.75, 3.05) is 0 Å². The predicted octanol–water partition coefficient (Wildman–Crippen LogP) is 2.65. The molecule has 1 aromatic heterocycles. The van der Waals surface area contributed by atoms with Gasteiger partial charge in [0.2, 0.25) is 5.89 Å². The topological polar surface area (TPSA) is 105 Å². The number of nitrogens with zero attached hydrogens (tertiary/aromatic N) is 2. The summed E-state index contributed by atoms with van der Waals surface area (Å²) >= 11 is 1.39. The molecule has 0 aliphatic heterocycles. The fraction of sp³-hybridized carbons (Fsp3) is 0.375. The van der Waals surface area contributed by atoms with E-state index in [1.165, 1.54) is 11.8 Å². The third-order valence-electron chi connectivity index (χ3n) is 3.23. The number of amides is 1. The number of hydrogen-bond donors (Lipinski definition) is 2. The fourth-order valence-electron chi connectivity index (χ4n) is 2.10. The molecular formula is C16H19N3O4S. The van der Waals surface area contributed by atoms with E-state index in [-0.39, 0.29) is 0 Å². The number of aliphatic carboxylic acids is 1. The van der Waals surface area contributed by atoms with Crippen molar-refractivity contribution in [3.63, 3.8) is 0 Å². The smallest absolute Gasteiger partial charge is 0.326 e.